The highest BCUT2D eigenvalue weighted by molar-refractivity contribution is 6.24. The fraction of sp³-hybridized carbons (Fsp3) is 0.594. The number of Topliss-reactive ketones (excluding diaryl/α,β-unsaturated/α-hetero) is 2. The van der Waals surface area contributed by atoms with Crippen LogP contribution in [0.25, 0.3) is 5.76 Å². The number of rotatable bonds is 9. The molecule has 0 spiro atoms. The molecule has 1 aromatic carbocycles. The molecule has 0 radical (unpaired) electrons. The summed E-state index contributed by atoms with van der Waals surface area (Å²) in [5.41, 5.74) is 3.34. The Morgan fingerprint density at radius 3 is 2.35 bits per heavy atom. The van der Waals surface area contributed by atoms with Crippen LogP contribution in [0.15, 0.2) is 23.0 Å². The number of primary amides is 1. The second-order valence-corrected chi connectivity index (χ2v) is 12.9. The molecule has 0 aliphatic heterocycles. The molecule has 4 atom stereocenters. The zero-order chi connectivity index (χ0) is 31.6. The topological polar surface area (TPSA) is 174 Å². The largest absolute Gasteiger partial charge is 0.508 e. The molecule has 234 valence electrons. The van der Waals surface area contributed by atoms with Crippen LogP contribution in [0.1, 0.15) is 62.6 Å². The van der Waals surface area contributed by atoms with Gasteiger partial charge in [-0.15, -0.1) is 0 Å². The SMILES string of the molecule is CCN(Cc1cc(O)c2c(c1OC)C[C@H]1C[C@H]3[C@H](N(C)C)C(=O)C(C(N)=O)=C(O)[C@@]3(O)C(=O)C1=C2O)CC1(CC)CCC1. The summed E-state index contributed by atoms with van der Waals surface area (Å²) in [4.78, 5) is 43.3. The number of methoxy groups -OCH3 is 1. The lowest BCUT2D eigenvalue weighted by Gasteiger charge is -2.50. The first-order chi connectivity index (χ1) is 20.3. The van der Waals surface area contributed by atoms with E-state index in [0.717, 1.165) is 25.1 Å². The van der Waals surface area contributed by atoms with Crippen LogP contribution in [0.2, 0.25) is 0 Å². The van der Waals surface area contributed by atoms with Gasteiger partial charge in [-0.2, -0.15) is 0 Å². The standard InChI is InChI=1S/C32H43N3O8/c1-6-31(9-8-10-31)15-35(7-2)14-17-13-20(36)22-18(27(17)43-5)11-16-12-19-24(34(3)4)26(38)23(30(33)41)29(40)32(19,42)28(39)21(16)25(22)37/h13,16,19,24,36-37,40,42H,6-12,14-15H2,1-5H3,(H2,33,41)/t16-,19-,24-,32-/m0/s1. The Hall–Kier alpha value is -3.41. The fourth-order valence-electron chi connectivity index (χ4n) is 8.02. The monoisotopic (exact) mass is 597 g/mol. The number of ketones is 2. The van der Waals surface area contributed by atoms with Crippen molar-refractivity contribution in [1.82, 2.24) is 9.80 Å². The number of carbonyl (C=O) groups is 3. The van der Waals surface area contributed by atoms with Crippen LogP contribution < -0.4 is 10.5 Å². The van der Waals surface area contributed by atoms with Crippen LogP contribution in [0, 0.1) is 17.3 Å². The predicted molar refractivity (Wildman–Crippen MR) is 158 cm³/mol. The van der Waals surface area contributed by atoms with Gasteiger partial charge in [0, 0.05) is 35.7 Å². The molecular formula is C32H43N3O8. The lowest BCUT2D eigenvalue weighted by atomic mass is 9.57. The van der Waals surface area contributed by atoms with Gasteiger partial charge in [0.1, 0.15) is 28.6 Å². The van der Waals surface area contributed by atoms with Gasteiger partial charge in [-0.3, -0.25) is 24.2 Å². The van der Waals surface area contributed by atoms with Crippen molar-refractivity contribution in [2.24, 2.45) is 23.0 Å². The lowest BCUT2D eigenvalue weighted by molar-refractivity contribution is -0.153. The van der Waals surface area contributed by atoms with E-state index in [9.17, 15) is 34.8 Å². The molecule has 43 heavy (non-hydrogen) atoms. The minimum atomic E-state index is -2.66. The maximum absolute atomic E-state index is 14.0. The molecule has 4 aliphatic carbocycles. The lowest BCUT2D eigenvalue weighted by Crippen LogP contribution is -2.65. The van der Waals surface area contributed by atoms with E-state index in [0.29, 0.717) is 23.3 Å². The molecule has 0 saturated heterocycles. The number of aromatic hydroxyl groups is 1. The van der Waals surface area contributed by atoms with Crippen LogP contribution in [-0.4, -0.2) is 93.6 Å². The van der Waals surface area contributed by atoms with Crippen molar-refractivity contribution in [3.8, 4) is 11.5 Å². The Balaban J connectivity index is 1.61. The zero-order valence-corrected chi connectivity index (χ0v) is 25.6. The zero-order valence-electron chi connectivity index (χ0n) is 25.6. The van der Waals surface area contributed by atoms with Crippen molar-refractivity contribution in [1.29, 1.82) is 0 Å². The molecule has 5 rings (SSSR count). The first kappa shape index (κ1) is 31.0. The summed E-state index contributed by atoms with van der Waals surface area (Å²) in [5.74, 6) is -6.21. The third kappa shape index (κ3) is 4.55. The number of likely N-dealkylation sites (N-methyl/N-ethyl adjacent to an activating group) is 1. The van der Waals surface area contributed by atoms with E-state index in [4.69, 9.17) is 10.5 Å². The number of phenols is 1. The highest BCUT2D eigenvalue weighted by atomic mass is 16.5. The highest BCUT2D eigenvalue weighted by Gasteiger charge is 2.64. The fourth-order valence-corrected chi connectivity index (χ4v) is 8.02. The van der Waals surface area contributed by atoms with Gasteiger partial charge < -0.3 is 30.9 Å². The van der Waals surface area contributed by atoms with Crippen LogP contribution in [0.3, 0.4) is 0 Å². The number of ether oxygens (including phenoxy) is 1. The molecule has 2 saturated carbocycles. The van der Waals surface area contributed by atoms with Gasteiger partial charge in [0.2, 0.25) is 5.78 Å². The van der Waals surface area contributed by atoms with E-state index in [1.807, 2.05) is 0 Å². The Kier molecular flexibility index (Phi) is 7.90. The van der Waals surface area contributed by atoms with E-state index >= 15 is 0 Å². The average molecular weight is 598 g/mol. The number of benzene rings is 1. The number of aliphatic hydroxyl groups excluding tert-OH is 2. The molecule has 0 heterocycles. The number of aliphatic hydroxyl groups is 3. The molecule has 0 aromatic heterocycles. The van der Waals surface area contributed by atoms with Crippen molar-refractivity contribution in [2.75, 3.05) is 34.3 Å². The van der Waals surface area contributed by atoms with E-state index in [2.05, 4.69) is 18.7 Å². The summed E-state index contributed by atoms with van der Waals surface area (Å²) in [6, 6.07) is 0.417. The van der Waals surface area contributed by atoms with Crippen molar-refractivity contribution in [3.05, 3.63) is 39.7 Å². The summed E-state index contributed by atoms with van der Waals surface area (Å²) in [6.07, 6.45) is 4.93. The number of amides is 1. The van der Waals surface area contributed by atoms with Crippen molar-refractivity contribution < 1.29 is 39.5 Å². The number of hydrogen-bond donors (Lipinski definition) is 5. The van der Waals surface area contributed by atoms with Crippen LogP contribution in [-0.2, 0) is 27.3 Å². The van der Waals surface area contributed by atoms with Crippen LogP contribution in [0.4, 0.5) is 0 Å². The van der Waals surface area contributed by atoms with Crippen molar-refractivity contribution >= 4 is 23.2 Å². The Morgan fingerprint density at radius 2 is 1.84 bits per heavy atom. The number of hydrogen-bond acceptors (Lipinski definition) is 10. The maximum Gasteiger partial charge on any atom is 0.255 e. The predicted octanol–water partition coefficient (Wildman–Crippen LogP) is 2.37. The molecule has 0 bridgehead atoms. The third-order valence-electron chi connectivity index (χ3n) is 10.5. The normalized spacial score (nSPS) is 28.0. The van der Waals surface area contributed by atoms with Crippen LogP contribution >= 0.6 is 0 Å². The summed E-state index contributed by atoms with van der Waals surface area (Å²) in [7, 11) is 4.68. The summed E-state index contributed by atoms with van der Waals surface area (Å²) in [5, 5.41) is 45.5. The van der Waals surface area contributed by atoms with Gasteiger partial charge in [-0.25, -0.2) is 0 Å². The van der Waals surface area contributed by atoms with E-state index < -0.39 is 58.0 Å². The quantitative estimate of drug-likeness (QED) is 0.266. The minimum absolute atomic E-state index is 0.0278. The molecule has 2 fully saturated rings. The number of carbonyl (C=O) groups excluding carboxylic acids is 3. The third-order valence-corrected chi connectivity index (χ3v) is 10.5. The van der Waals surface area contributed by atoms with E-state index in [1.165, 1.54) is 31.3 Å². The second kappa shape index (κ2) is 10.9. The minimum Gasteiger partial charge on any atom is -0.508 e. The van der Waals surface area contributed by atoms with Gasteiger partial charge in [0.25, 0.3) is 5.91 Å². The second-order valence-electron chi connectivity index (χ2n) is 12.9. The number of fused-ring (bicyclic) bond motifs is 3. The first-order valence-corrected chi connectivity index (χ1v) is 15.0. The molecule has 6 N–H and O–H groups in total. The summed E-state index contributed by atoms with van der Waals surface area (Å²) < 4.78 is 5.89. The van der Waals surface area contributed by atoms with Crippen molar-refractivity contribution in [3.63, 3.8) is 0 Å². The molecule has 1 aromatic rings. The Bertz CT molecular complexity index is 1440. The van der Waals surface area contributed by atoms with Crippen LogP contribution in [0.5, 0.6) is 11.5 Å². The highest BCUT2D eigenvalue weighted by Crippen LogP contribution is 2.54. The van der Waals surface area contributed by atoms with Gasteiger partial charge >= 0.3 is 0 Å². The average Bonchev–Trinajstić information content (AvgIpc) is 2.91. The van der Waals surface area contributed by atoms with Gasteiger partial charge in [0.05, 0.1) is 18.7 Å². The van der Waals surface area contributed by atoms with Gasteiger partial charge in [-0.05, 0) is 70.1 Å². The van der Waals surface area contributed by atoms with Gasteiger partial charge in [0.15, 0.2) is 11.4 Å². The number of nitrogens with two attached hydrogens (primary N) is 1. The van der Waals surface area contributed by atoms with Gasteiger partial charge in [-0.1, -0.05) is 20.3 Å². The summed E-state index contributed by atoms with van der Waals surface area (Å²) >= 11 is 0. The molecule has 11 nitrogen and oxygen atoms in total. The molecular weight excluding hydrogens is 554 g/mol. The van der Waals surface area contributed by atoms with E-state index in [-0.39, 0.29) is 29.7 Å². The first-order valence-electron chi connectivity index (χ1n) is 15.0. The summed E-state index contributed by atoms with van der Waals surface area (Å²) in [6.45, 7) is 6.58. The molecule has 1 amide bonds. The Labute approximate surface area is 251 Å². The molecule has 11 heteroatoms. The number of phenolic OH excluding ortho intramolecular Hbond substituents is 1. The van der Waals surface area contributed by atoms with Crippen molar-refractivity contribution in [2.45, 2.75) is 70.6 Å². The number of nitrogens with zero attached hydrogens (tertiary/aromatic N) is 2. The molecule has 4 aliphatic rings. The Morgan fingerprint density at radius 1 is 1.16 bits per heavy atom. The smallest absolute Gasteiger partial charge is 0.255 e. The maximum atomic E-state index is 14.0. The molecule has 0 unspecified atom stereocenters. The van der Waals surface area contributed by atoms with E-state index in [1.54, 1.807) is 20.2 Å².